The van der Waals surface area contributed by atoms with Crippen molar-refractivity contribution in [1.82, 2.24) is 10.1 Å². The number of benzene rings is 3. The van der Waals surface area contributed by atoms with Crippen LogP contribution >= 0.6 is 0 Å². The third-order valence-electron chi connectivity index (χ3n) is 4.69. The van der Waals surface area contributed by atoms with Gasteiger partial charge < -0.3 is 9.26 Å². The van der Waals surface area contributed by atoms with E-state index in [1.165, 1.54) is 0 Å². The lowest BCUT2D eigenvalue weighted by Crippen LogP contribution is -2.17. The Labute approximate surface area is 169 Å². The maximum Gasteiger partial charge on any atom is 0.318 e. The Kier molecular flexibility index (Phi) is 5.47. The van der Waals surface area contributed by atoms with E-state index in [9.17, 15) is 4.79 Å². The first-order chi connectivity index (χ1) is 14.2. The second kappa shape index (κ2) is 8.52. The van der Waals surface area contributed by atoms with E-state index < -0.39 is 5.92 Å². The maximum atomic E-state index is 12.9. The van der Waals surface area contributed by atoms with Crippen molar-refractivity contribution in [2.45, 2.75) is 19.4 Å². The molecular formula is C24H20N2O3. The van der Waals surface area contributed by atoms with Gasteiger partial charge in [0.15, 0.2) is 6.61 Å². The highest BCUT2D eigenvalue weighted by atomic mass is 16.6. The molecule has 0 bridgehead atoms. The van der Waals surface area contributed by atoms with Crippen LogP contribution in [0.5, 0.6) is 0 Å². The second-order valence-corrected chi connectivity index (χ2v) is 6.69. The molecule has 3 aromatic carbocycles. The molecule has 144 valence electrons. The van der Waals surface area contributed by atoms with Gasteiger partial charge >= 0.3 is 5.97 Å². The summed E-state index contributed by atoms with van der Waals surface area (Å²) in [6, 6.07) is 26.9. The molecule has 0 saturated carbocycles. The van der Waals surface area contributed by atoms with Gasteiger partial charge in [-0.15, -0.1) is 0 Å². The number of aryl methyl sites for hydroxylation is 1. The zero-order valence-electron chi connectivity index (χ0n) is 16.0. The first-order valence-corrected chi connectivity index (χ1v) is 9.37. The number of aromatic nitrogens is 2. The zero-order chi connectivity index (χ0) is 20.1. The van der Waals surface area contributed by atoms with E-state index in [1.54, 1.807) is 0 Å². The molecule has 5 heteroatoms. The summed E-state index contributed by atoms with van der Waals surface area (Å²) in [5.41, 5.74) is 3.68. The first kappa shape index (κ1) is 18.6. The SMILES string of the molecule is Cc1ccccc1-c1noc(COC(=O)C(c2ccccc2)c2ccccc2)n1. The van der Waals surface area contributed by atoms with E-state index in [4.69, 9.17) is 9.26 Å². The van der Waals surface area contributed by atoms with E-state index >= 15 is 0 Å². The Morgan fingerprint density at radius 2 is 1.48 bits per heavy atom. The van der Waals surface area contributed by atoms with Crippen molar-refractivity contribution in [3.8, 4) is 11.4 Å². The fourth-order valence-electron chi connectivity index (χ4n) is 3.22. The molecule has 0 spiro atoms. The van der Waals surface area contributed by atoms with Crippen molar-refractivity contribution in [1.29, 1.82) is 0 Å². The van der Waals surface area contributed by atoms with Crippen molar-refractivity contribution < 1.29 is 14.1 Å². The lowest BCUT2D eigenvalue weighted by atomic mass is 9.91. The van der Waals surface area contributed by atoms with Gasteiger partial charge in [0.25, 0.3) is 5.89 Å². The summed E-state index contributed by atoms with van der Waals surface area (Å²) >= 11 is 0. The molecule has 0 amide bonds. The van der Waals surface area contributed by atoms with E-state index in [0.29, 0.717) is 5.82 Å². The quantitative estimate of drug-likeness (QED) is 0.442. The van der Waals surface area contributed by atoms with E-state index in [2.05, 4.69) is 10.1 Å². The highest BCUT2D eigenvalue weighted by Gasteiger charge is 2.25. The van der Waals surface area contributed by atoms with Gasteiger partial charge in [0.1, 0.15) is 5.92 Å². The zero-order valence-corrected chi connectivity index (χ0v) is 16.0. The number of ether oxygens (including phenoxy) is 1. The van der Waals surface area contributed by atoms with Gasteiger partial charge in [-0.3, -0.25) is 4.79 Å². The van der Waals surface area contributed by atoms with E-state index in [0.717, 1.165) is 22.3 Å². The van der Waals surface area contributed by atoms with Gasteiger partial charge in [-0.1, -0.05) is 90.1 Å². The standard InChI is InChI=1S/C24H20N2O3/c1-17-10-8-9-15-20(17)23-25-21(29-26-23)16-28-24(27)22(18-11-4-2-5-12-18)19-13-6-3-7-14-19/h2-15,22H,16H2,1H3. The van der Waals surface area contributed by atoms with Crippen LogP contribution in [0.2, 0.25) is 0 Å². The van der Waals surface area contributed by atoms with Crippen LogP contribution in [0.4, 0.5) is 0 Å². The normalized spacial score (nSPS) is 10.8. The first-order valence-electron chi connectivity index (χ1n) is 9.37. The lowest BCUT2D eigenvalue weighted by molar-refractivity contribution is -0.146. The summed E-state index contributed by atoms with van der Waals surface area (Å²) in [5.74, 6) is -0.137. The molecule has 0 fully saturated rings. The Morgan fingerprint density at radius 1 is 0.897 bits per heavy atom. The minimum atomic E-state index is -0.517. The Balaban J connectivity index is 1.51. The summed E-state index contributed by atoms with van der Waals surface area (Å²) in [6.45, 7) is 1.91. The molecular weight excluding hydrogens is 364 g/mol. The van der Waals surface area contributed by atoms with Crippen LogP contribution in [-0.2, 0) is 16.1 Å². The molecule has 0 aliphatic carbocycles. The van der Waals surface area contributed by atoms with Gasteiger partial charge in [-0.25, -0.2) is 0 Å². The highest BCUT2D eigenvalue weighted by Crippen LogP contribution is 2.26. The molecule has 0 N–H and O–H groups in total. The van der Waals surface area contributed by atoms with Crippen molar-refractivity contribution in [2.75, 3.05) is 0 Å². The lowest BCUT2D eigenvalue weighted by Gasteiger charge is -2.16. The van der Waals surface area contributed by atoms with E-state index in [1.807, 2.05) is 91.9 Å². The van der Waals surface area contributed by atoms with Crippen LogP contribution < -0.4 is 0 Å². The molecule has 0 atom stereocenters. The largest absolute Gasteiger partial charge is 0.455 e. The monoisotopic (exact) mass is 384 g/mol. The number of rotatable bonds is 6. The molecule has 5 nitrogen and oxygen atoms in total. The Hall–Kier alpha value is -3.73. The molecule has 0 radical (unpaired) electrons. The molecule has 4 aromatic rings. The molecule has 1 aromatic heterocycles. The molecule has 0 aliphatic rings. The van der Waals surface area contributed by atoms with Crippen LogP contribution in [0.25, 0.3) is 11.4 Å². The van der Waals surface area contributed by atoms with Gasteiger partial charge in [0.2, 0.25) is 5.82 Å². The Morgan fingerprint density at radius 3 is 2.10 bits per heavy atom. The third-order valence-corrected chi connectivity index (χ3v) is 4.69. The topological polar surface area (TPSA) is 65.2 Å². The molecule has 29 heavy (non-hydrogen) atoms. The molecule has 0 saturated heterocycles. The third kappa shape index (κ3) is 4.24. The maximum absolute atomic E-state index is 12.9. The van der Waals surface area contributed by atoms with Gasteiger partial charge in [-0.2, -0.15) is 4.98 Å². The number of carbonyl (C=O) groups excluding carboxylic acids is 1. The van der Waals surface area contributed by atoms with Crippen LogP contribution in [0.1, 0.15) is 28.5 Å². The number of hydrogen-bond acceptors (Lipinski definition) is 5. The minimum Gasteiger partial charge on any atom is -0.455 e. The summed E-state index contributed by atoms with van der Waals surface area (Å²) in [6.07, 6.45) is 0. The Bertz CT molecular complexity index is 1050. The predicted octanol–water partition coefficient (Wildman–Crippen LogP) is 4.92. The predicted molar refractivity (Wildman–Crippen MR) is 109 cm³/mol. The average molecular weight is 384 g/mol. The average Bonchev–Trinajstić information content (AvgIpc) is 3.23. The number of nitrogens with zero attached hydrogens (tertiary/aromatic N) is 2. The van der Waals surface area contributed by atoms with Crippen LogP contribution in [0.15, 0.2) is 89.5 Å². The fraction of sp³-hybridized carbons (Fsp3) is 0.125. The summed E-state index contributed by atoms with van der Waals surface area (Å²) in [5, 5.41) is 4.01. The number of hydrogen-bond donors (Lipinski definition) is 0. The molecule has 1 heterocycles. The fourth-order valence-corrected chi connectivity index (χ4v) is 3.22. The molecule has 0 aliphatic heterocycles. The summed E-state index contributed by atoms with van der Waals surface area (Å²) < 4.78 is 10.8. The van der Waals surface area contributed by atoms with Crippen molar-refractivity contribution in [3.63, 3.8) is 0 Å². The molecule has 0 unspecified atom stereocenters. The van der Waals surface area contributed by atoms with Crippen LogP contribution in [0.3, 0.4) is 0 Å². The summed E-state index contributed by atoms with van der Waals surface area (Å²) in [7, 11) is 0. The van der Waals surface area contributed by atoms with Gasteiger partial charge in [0, 0.05) is 5.56 Å². The number of carbonyl (C=O) groups is 1. The van der Waals surface area contributed by atoms with Crippen molar-refractivity contribution in [3.05, 3.63) is 108 Å². The highest BCUT2D eigenvalue weighted by molar-refractivity contribution is 5.82. The van der Waals surface area contributed by atoms with Crippen molar-refractivity contribution >= 4 is 5.97 Å². The van der Waals surface area contributed by atoms with Crippen LogP contribution in [-0.4, -0.2) is 16.1 Å². The minimum absolute atomic E-state index is 0.0755. The molecule has 4 rings (SSSR count). The second-order valence-electron chi connectivity index (χ2n) is 6.69. The van der Waals surface area contributed by atoms with E-state index in [-0.39, 0.29) is 18.5 Å². The summed E-state index contributed by atoms with van der Waals surface area (Å²) in [4.78, 5) is 17.3. The van der Waals surface area contributed by atoms with Crippen molar-refractivity contribution in [2.24, 2.45) is 0 Å². The van der Waals surface area contributed by atoms with Gasteiger partial charge in [0.05, 0.1) is 0 Å². The smallest absolute Gasteiger partial charge is 0.318 e. The number of esters is 1. The van der Waals surface area contributed by atoms with Gasteiger partial charge in [-0.05, 0) is 23.6 Å². The van der Waals surface area contributed by atoms with Crippen LogP contribution in [0, 0.1) is 6.92 Å².